The molecule has 0 bridgehead atoms. The molecule has 1 aromatic rings. The molecule has 1 aliphatic rings. The zero-order chi connectivity index (χ0) is 14.5. The molecule has 0 saturated carbocycles. The molecule has 2 rings (SSSR count). The van der Waals surface area contributed by atoms with E-state index in [0.717, 1.165) is 30.5 Å². The molecule has 2 heterocycles. The number of thioether (sulfide) groups is 1. The fourth-order valence-corrected chi connectivity index (χ4v) is 3.27. The number of aryl methyl sites for hydroxylation is 1. The van der Waals surface area contributed by atoms with Gasteiger partial charge in [-0.3, -0.25) is 4.79 Å². The maximum absolute atomic E-state index is 10.7. The highest BCUT2D eigenvalue weighted by molar-refractivity contribution is 7.99. The largest absolute Gasteiger partial charge is 0.481 e. The molecule has 1 N–H and O–H groups in total. The molecule has 0 aromatic carbocycles. The molecule has 1 unspecified atom stereocenters. The Morgan fingerprint density at radius 3 is 2.90 bits per heavy atom. The average Bonchev–Trinajstić information content (AvgIpc) is 2.81. The van der Waals surface area contributed by atoms with Crippen LogP contribution >= 0.6 is 11.8 Å². The summed E-state index contributed by atoms with van der Waals surface area (Å²) >= 11 is 1.25. The summed E-state index contributed by atoms with van der Waals surface area (Å²) < 4.78 is 2.10. The topological polar surface area (TPSA) is 71.2 Å². The number of carboxylic acids is 1. The molecule has 0 amide bonds. The minimum atomic E-state index is -0.822. The van der Waals surface area contributed by atoms with Gasteiger partial charge in [0.1, 0.15) is 5.82 Å². The standard InChI is InChI=1S/C13H22N4O2S/c1-3-11-14-15-13(20-9-12(18)19)17(11)8-10-6-4-5-7-16(10)2/h10H,3-9H2,1-2H3,(H,18,19). The molecule has 1 aliphatic heterocycles. The fourth-order valence-electron chi connectivity index (χ4n) is 2.58. The first-order chi connectivity index (χ1) is 9.61. The minimum Gasteiger partial charge on any atom is -0.481 e. The van der Waals surface area contributed by atoms with Crippen molar-refractivity contribution in [2.75, 3.05) is 19.3 Å². The summed E-state index contributed by atoms with van der Waals surface area (Å²) in [4.78, 5) is 13.1. The number of hydrogen-bond acceptors (Lipinski definition) is 5. The molecular formula is C13H22N4O2S. The van der Waals surface area contributed by atoms with E-state index in [0.29, 0.717) is 6.04 Å². The van der Waals surface area contributed by atoms with Crippen LogP contribution < -0.4 is 0 Å². The van der Waals surface area contributed by atoms with E-state index in [4.69, 9.17) is 5.11 Å². The summed E-state index contributed by atoms with van der Waals surface area (Å²) in [5.74, 6) is 0.150. The molecule has 1 aromatic heterocycles. The number of aromatic nitrogens is 3. The van der Waals surface area contributed by atoms with E-state index in [-0.39, 0.29) is 5.75 Å². The van der Waals surface area contributed by atoms with Crippen LogP contribution in [0, 0.1) is 0 Å². The normalized spacial score (nSPS) is 20.2. The highest BCUT2D eigenvalue weighted by Crippen LogP contribution is 2.22. The van der Waals surface area contributed by atoms with Crippen molar-refractivity contribution in [2.24, 2.45) is 0 Å². The van der Waals surface area contributed by atoms with E-state index in [2.05, 4.69) is 33.6 Å². The first-order valence-electron chi connectivity index (χ1n) is 7.08. The highest BCUT2D eigenvalue weighted by Gasteiger charge is 2.22. The number of hydrogen-bond donors (Lipinski definition) is 1. The van der Waals surface area contributed by atoms with Gasteiger partial charge in [0.2, 0.25) is 0 Å². The van der Waals surface area contributed by atoms with Gasteiger partial charge in [-0.05, 0) is 26.4 Å². The Labute approximate surface area is 123 Å². The van der Waals surface area contributed by atoms with Gasteiger partial charge in [-0.15, -0.1) is 10.2 Å². The monoisotopic (exact) mass is 298 g/mol. The Bertz CT molecular complexity index is 463. The number of carbonyl (C=O) groups is 1. The lowest BCUT2D eigenvalue weighted by Crippen LogP contribution is -2.39. The quantitative estimate of drug-likeness (QED) is 0.803. The molecule has 112 valence electrons. The lowest BCUT2D eigenvalue weighted by molar-refractivity contribution is -0.133. The molecule has 1 atom stereocenters. The molecule has 0 aliphatic carbocycles. The van der Waals surface area contributed by atoms with E-state index in [9.17, 15) is 4.79 Å². The van der Waals surface area contributed by atoms with Crippen molar-refractivity contribution in [3.05, 3.63) is 5.82 Å². The molecule has 0 radical (unpaired) electrons. The third-order valence-electron chi connectivity index (χ3n) is 3.75. The molecule has 0 spiro atoms. The smallest absolute Gasteiger partial charge is 0.313 e. The van der Waals surface area contributed by atoms with Crippen molar-refractivity contribution in [3.8, 4) is 0 Å². The first-order valence-corrected chi connectivity index (χ1v) is 8.07. The molecular weight excluding hydrogens is 276 g/mol. The van der Waals surface area contributed by atoms with Crippen LogP contribution in [-0.4, -0.2) is 56.1 Å². The summed E-state index contributed by atoms with van der Waals surface area (Å²) in [5, 5.41) is 17.9. The van der Waals surface area contributed by atoms with Crippen molar-refractivity contribution >= 4 is 17.7 Å². The zero-order valence-corrected chi connectivity index (χ0v) is 12.9. The van der Waals surface area contributed by atoms with E-state index < -0.39 is 5.97 Å². The second-order valence-corrected chi connectivity index (χ2v) is 6.12. The Morgan fingerprint density at radius 2 is 2.25 bits per heavy atom. The summed E-state index contributed by atoms with van der Waals surface area (Å²) in [6.07, 6.45) is 4.52. The van der Waals surface area contributed by atoms with Gasteiger partial charge in [-0.25, -0.2) is 0 Å². The van der Waals surface area contributed by atoms with Gasteiger partial charge in [-0.1, -0.05) is 25.1 Å². The number of rotatable bonds is 6. The maximum atomic E-state index is 10.7. The summed E-state index contributed by atoms with van der Waals surface area (Å²) in [6.45, 7) is 4.04. The van der Waals surface area contributed by atoms with Gasteiger partial charge in [-0.2, -0.15) is 0 Å². The van der Waals surface area contributed by atoms with E-state index >= 15 is 0 Å². The molecule has 1 fully saturated rings. The maximum Gasteiger partial charge on any atom is 0.313 e. The average molecular weight is 298 g/mol. The van der Waals surface area contributed by atoms with Crippen LogP contribution in [0.4, 0.5) is 0 Å². The van der Waals surface area contributed by atoms with Crippen molar-refractivity contribution < 1.29 is 9.90 Å². The number of likely N-dealkylation sites (N-methyl/N-ethyl adjacent to an activating group) is 1. The van der Waals surface area contributed by atoms with Crippen molar-refractivity contribution in [3.63, 3.8) is 0 Å². The highest BCUT2D eigenvalue weighted by atomic mass is 32.2. The predicted molar refractivity (Wildman–Crippen MR) is 78.0 cm³/mol. The van der Waals surface area contributed by atoms with Crippen LogP contribution in [0.15, 0.2) is 5.16 Å². The number of piperidine rings is 1. The van der Waals surface area contributed by atoms with Gasteiger partial charge in [0.25, 0.3) is 0 Å². The Morgan fingerprint density at radius 1 is 1.45 bits per heavy atom. The van der Waals surface area contributed by atoms with Gasteiger partial charge in [0.05, 0.1) is 5.75 Å². The van der Waals surface area contributed by atoms with Crippen LogP contribution in [-0.2, 0) is 17.8 Å². The summed E-state index contributed by atoms with van der Waals surface area (Å²) in [5.41, 5.74) is 0. The second-order valence-electron chi connectivity index (χ2n) is 5.18. The van der Waals surface area contributed by atoms with Crippen LogP contribution in [0.3, 0.4) is 0 Å². The van der Waals surface area contributed by atoms with Gasteiger partial charge in [0, 0.05) is 19.0 Å². The predicted octanol–water partition coefficient (Wildman–Crippen LogP) is 1.50. The molecule has 7 heteroatoms. The van der Waals surface area contributed by atoms with E-state index in [1.807, 2.05) is 0 Å². The Kier molecular flexibility index (Phi) is 5.42. The molecule has 20 heavy (non-hydrogen) atoms. The van der Waals surface area contributed by atoms with Crippen molar-refractivity contribution in [1.82, 2.24) is 19.7 Å². The fraction of sp³-hybridized carbons (Fsp3) is 0.769. The Hall–Kier alpha value is -1.08. The minimum absolute atomic E-state index is 0.0301. The van der Waals surface area contributed by atoms with E-state index in [1.54, 1.807) is 0 Å². The lowest BCUT2D eigenvalue weighted by Gasteiger charge is -2.33. The lowest BCUT2D eigenvalue weighted by atomic mass is 10.0. The molecule has 1 saturated heterocycles. The van der Waals surface area contributed by atoms with Crippen LogP contribution in [0.5, 0.6) is 0 Å². The van der Waals surface area contributed by atoms with Crippen LogP contribution in [0.1, 0.15) is 32.0 Å². The second kappa shape index (κ2) is 7.08. The van der Waals surface area contributed by atoms with Crippen molar-refractivity contribution in [2.45, 2.75) is 50.4 Å². The van der Waals surface area contributed by atoms with Gasteiger partial charge < -0.3 is 14.6 Å². The SMILES string of the molecule is CCc1nnc(SCC(=O)O)n1CC1CCCCN1C. The number of likely N-dealkylation sites (tertiary alicyclic amines) is 1. The van der Waals surface area contributed by atoms with E-state index in [1.165, 1.54) is 31.0 Å². The van der Waals surface area contributed by atoms with Gasteiger partial charge in [0.15, 0.2) is 5.16 Å². The number of aliphatic carboxylic acids is 1. The summed E-state index contributed by atoms with van der Waals surface area (Å²) in [7, 11) is 2.16. The number of carboxylic acid groups (broad SMARTS) is 1. The van der Waals surface area contributed by atoms with Gasteiger partial charge >= 0.3 is 5.97 Å². The van der Waals surface area contributed by atoms with Crippen molar-refractivity contribution in [1.29, 1.82) is 0 Å². The Balaban J connectivity index is 2.11. The van der Waals surface area contributed by atoms with Crippen LogP contribution in [0.25, 0.3) is 0 Å². The zero-order valence-electron chi connectivity index (χ0n) is 12.1. The third kappa shape index (κ3) is 3.73. The van der Waals surface area contributed by atoms with Crippen LogP contribution in [0.2, 0.25) is 0 Å². The third-order valence-corrected chi connectivity index (χ3v) is 4.70. The first kappa shape index (κ1) is 15.3. The summed E-state index contributed by atoms with van der Waals surface area (Å²) in [6, 6.07) is 0.495. The molecule has 6 nitrogen and oxygen atoms in total. The number of nitrogens with zero attached hydrogens (tertiary/aromatic N) is 4.